The quantitative estimate of drug-likeness (QED) is 0.274. The van der Waals surface area contributed by atoms with Crippen LogP contribution in [0.1, 0.15) is 46.1 Å². The van der Waals surface area contributed by atoms with Gasteiger partial charge in [0.2, 0.25) is 11.2 Å². The van der Waals surface area contributed by atoms with Crippen LogP contribution in [0.4, 0.5) is 4.79 Å². The van der Waals surface area contributed by atoms with E-state index < -0.39 is 6.16 Å². The molecule has 1 aromatic heterocycles. The molecule has 1 heterocycles. The second-order valence-electron chi connectivity index (χ2n) is 8.02. The van der Waals surface area contributed by atoms with Crippen LogP contribution in [0.15, 0.2) is 57.9 Å². The van der Waals surface area contributed by atoms with Crippen LogP contribution in [0.3, 0.4) is 0 Å². The molecule has 0 saturated carbocycles. The topological polar surface area (TPSA) is 75.0 Å². The van der Waals surface area contributed by atoms with Crippen LogP contribution in [-0.2, 0) is 10.2 Å². The molecule has 3 aromatic rings. The zero-order chi connectivity index (χ0) is 21.7. The summed E-state index contributed by atoms with van der Waals surface area (Å²) < 4.78 is 21.3. The van der Waals surface area contributed by atoms with Gasteiger partial charge in [0.05, 0.1) is 12.0 Å². The average Bonchev–Trinajstić information content (AvgIpc) is 2.70. The lowest BCUT2D eigenvalue weighted by Gasteiger charge is -2.19. The van der Waals surface area contributed by atoms with Gasteiger partial charge < -0.3 is 18.6 Å². The lowest BCUT2D eigenvalue weighted by Crippen LogP contribution is -2.11. The maximum Gasteiger partial charge on any atom is 0.513 e. The van der Waals surface area contributed by atoms with E-state index in [1.807, 2.05) is 31.2 Å². The Morgan fingerprint density at radius 1 is 1.03 bits per heavy atom. The van der Waals surface area contributed by atoms with Gasteiger partial charge in [-0.05, 0) is 41.7 Å². The molecule has 0 atom stereocenters. The molecule has 0 aliphatic rings. The van der Waals surface area contributed by atoms with Crippen molar-refractivity contribution < 1.29 is 23.4 Å². The molecule has 30 heavy (non-hydrogen) atoms. The molecule has 158 valence electrons. The van der Waals surface area contributed by atoms with Gasteiger partial charge in [-0.15, -0.1) is 0 Å². The molecular formula is C24H26O6. The van der Waals surface area contributed by atoms with E-state index in [4.69, 9.17) is 18.6 Å². The maximum absolute atomic E-state index is 12.7. The molecule has 0 amide bonds. The van der Waals surface area contributed by atoms with Crippen LogP contribution >= 0.6 is 0 Å². The van der Waals surface area contributed by atoms with Crippen molar-refractivity contribution in [2.75, 3.05) is 6.61 Å². The fraction of sp³-hybridized carbons (Fsp3) is 0.333. The standard InChI is InChI=1S/C24H26O6/c1-5-6-13-27-23(26)30-18-11-12-19-20(14-18)28-15-21(22(19)25)29-17-9-7-16(8-10-17)24(2,3)4/h7-12,14-15H,5-6,13H2,1-4H3. The second-order valence-corrected chi connectivity index (χ2v) is 8.02. The Kier molecular flexibility index (Phi) is 6.45. The highest BCUT2D eigenvalue weighted by Crippen LogP contribution is 2.27. The fourth-order valence-corrected chi connectivity index (χ4v) is 2.80. The van der Waals surface area contributed by atoms with Gasteiger partial charge in [0.1, 0.15) is 23.3 Å². The molecule has 3 rings (SSSR count). The van der Waals surface area contributed by atoms with Gasteiger partial charge in [-0.1, -0.05) is 46.2 Å². The Morgan fingerprint density at radius 2 is 1.73 bits per heavy atom. The summed E-state index contributed by atoms with van der Waals surface area (Å²) >= 11 is 0. The molecule has 0 N–H and O–H groups in total. The average molecular weight is 410 g/mol. The summed E-state index contributed by atoms with van der Waals surface area (Å²) in [5.41, 5.74) is 1.17. The third-order valence-corrected chi connectivity index (χ3v) is 4.58. The van der Waals surface area contributed by atoms with E-state index in [1.165, 1.54) is 30.0 Å². The number of hydrogen-bond acceptors (Lipinski definition) is 6. The van der Waals surface area contributed by atoms with Gasteiger partial charge in [0.25, 0.3) is 0 Å². The molecule has 6 heteroatoms. The second kappa shape index (κ2) is 9.03. The molecule has 0 radical (unpaired) electrons. The summed E-state index contributed by atoms with van der Waals surface area (Å²) in [4.78, 5) is 24.4. The smallest absolute Gasteiger partial charge is 0.460 e. The van der Waals surface area contributed by atoms with E-state index in [0.717, 1.165) is 12.8 Å². The van der Waals surface area contributed by atoms with Crippen molar-refractivity contribution in [1.82, 2.24) is 0 Å². The van der Waals surface area contributed by atoms with E-state index in [-0.39, 0.29) is 27.9 Å². The highest BCUT2D eigenvalue weighted by molar-refractivity contribution is 5.80. The molecule has 0 aliphatic heterocycles. The first kappa shape index (κ1) is 21.4. The normalized spacial score (nSPS) is 11.3. The highest BCUT2D eigenvalue weighted by atomic mass is 16.7. The SMILES string of the molecule is CCCCOC(=O)Oc1ccc2c(=O)c(Oc3ccc(C(C)(C)C)cc3)coc2c1. The van der Waals surface area contributed by atoms with Crippen LogP contribution in [0.25, 0.3) is 11.0 Å². The van der Waals surface area contributed by atoms with Crippen molar-refractivity contribution in [2.45, 2.75) is 46.0 Å². The number of rotatable bonds is 6. The summed E-state index contributed by atoms with van der Waals surface area (Å²) in [7, 11) is 0. The Balaban J connectivity index is 1.76. The molecule has 0 aliphatic carbocycles. The van der Waals surface area contributed by atoms with E-state index in [2.05, 4.69) is 20.8 Å². The van der Waals surface area contributed by atoms with Crippen LogP contribution in [0.5, 0.6) is 17.2 Å². The first-order valence-corrected chi connectivity index (χ1v) is 9.96. The summed E-state index contributed by atoms with van der Waals surface area (Å²) in [5.74, 6) is 0.863. The van der Waals surface area contributed by atoms with Gasteiger partial charge >= 0.3 is 6.16 Å². The minimum Gasteiger partial charge on any atom is -0.460 e. The number of benzene rings is 2. The van der Waals surface area contributed by atoms with Crippen molar-refractivity contribution in [3.05, 3.63) is 64.5 Å². The first-order valence-electron chi connectivity index (χ1n) is 9.96. The molecule has 0 unspecified atom stereocenters. The van der Waals surface area contributed by atoms with Crippen molar-refractivity contribution in [3.63, 3.8) is 0 Å². The van der Waals surface area contributed by atoms with E-state index >= 15 is 0 Å². The summed E-state index contributed by atoms with van der Waals surface area (Å²) in [6.07, 6.45) is 2.15. The third-order valence-electron chi connectivity index (χ3n) is 4.58. The van der Waals surface area contributed by atoms with E-state index in [9.17, 15) is 9.59 Å². The zero-order valence-corrected chi connectivity index (χ0v) is 17.7. The summed E-state index contributed by atoms with van der Waals surface area (Å²) in [5, 5.41) is 0.325. The predicted molar refractivity (Wildman–Crippen MR) is 115 cm³/mol. The van der Waals surface area contributed by atoms with Gasteiger partial charge in [0, 0.05) is 6.07 Å². The maximum atomic E-state index is 12.7. The highest BCUT2D eigenvalue weighted by Gasteiger charge is 2.15. The minimum atomic E-state index is -0.788. The number of carbonyl (C=O) groups excluding carboxylic acids is 1. The van der Waals surface area contributed by atoms with Crippen molar-refractivity contribution in [1.29, 1.82) is 0 Å². The molecule has 6 nitrogen and oxygen atoms in total. The third kappa shape index (κ3) is 5.20. The molecule has 2 aromatic carbocycles. The van der Waals surface area contributed by atoms with Crippen LogP contribution in [-0.4, -0.2) is 12.8 Å². The number of ether oxygens (including phenoxy) is 3. The first-order chi connectivity index (χ1) is 14.3. The predicted octanol–water partition coefficient (Wildman–Crippen LogP) is 6.20. The van der Waals surface area contributed by atoms with E-state index in [1.54, 1.807) is 0 Å². The number of fused-ring (bicyclic) bond motifs is 1. The van der Waals surface area contributed by atoms with Crippen molar-refractivity contribution in [2.24, 2.45) is 0 Å². The molecule has 0 fully saturated rings. The van der Waals surface area contributed by atoms with Gasteiger partial charge in [-0.3, -0.25) is 4.79 Å². The number of carbonyl (C=O) groups is 1. The monoisotopic (exact) mass is 410 g/mol. The lowest BCUT2D eigenvalue weighted by atomic mass is 9.87. The Bertz CT molecular complexity index is 1070. The van der Waals surface area contributed by atoms with Crippen molar-refractivity contribution >= 4 is 17.1 Å². The summed E-state index contributed by atoms with van der Waals surface area (Å²) in [6.45, 7) is 8.69. The van der Waals surface area contributed by atoms with Gasteiger partial charge in [-0.2, -0.15) is 0 Å². The largest absolute Gasteiger partial charge is 0.513 e. The van der Waals surface area contributed by atoms with Gasteiger partial charge in [-0.25, -0.2) is 4.79 Å². The Labute approximate surface area is 175 Å². The van der Waals surface area contributed by atoms with E-state index in [0.29, 0.717) is 17.7 Å². The van der Waals surface area contributed by atoms with Crippen LogP contribution in [0, 0.1) is 0 Å². The molecular weight excluding hydrogens is 384 g/mol. The lowest BCUT2D eigenvalue weighted by molar-refractivity contribution is 0.0978. The summed E-state index contributed by atoms with van der Waals surface area (Å²) in [6, 6.07) is 12.1. The minimum absolute atomic E-state index is 0.0305. The van der Waals surface area contributed by atoms with Crippen LogP contribution in [0.2, 0.25) is 0 Å². The van der Waals surface area contributed by atoms with Crippen LogP contribution < -0.4 is 14.9 Å². The molecule has 0 bridgehead atoms. The Hall–Kier alpha value is -3.28. The molecule has 0 saturated heterocycles. The van der Waals surface area contributed by atoms with Crippen molar-refractivity contribution in [3.8, 4) is 17.2 Å². The fourth-order valence-electron chi connectivity index (χ4n) is 2.80. The molecule has 0 spiro atoms. The number of hydrogen-bond donors (Lipinski definition) is 0. The zero-order valence-electron chi connectivity index (χ0n) is 17.7. The van der Waals surface area contributed by atoms with Gasteiger partial charge in [0.15, 0.2) is 0 Å². The number of unbranched alkanes of at least 4 members (excludes halogenated alkanes) is 1. The Morgan fingerprint density at radius 3 is 2.40 bits per heavy atom.